The molecule has 0 saturated heterocycles. The summed E-state index contributed by atoms with van der Waals surface area (Å²) in [4.78, 5) is 36.2. The van der Waals surface area contributed by atoms with Gasteiger partial charge in [-0.1, -0.05) is 24.8 Å². The Morgan fingerprint density at radius 1 is 1.26 bits per heavy atom. The second-order valence-corrected chi connectivity index (χ2v) is 6.29. The minimum absolute atomic E-state index is 0.0411. The Labute approximate surface area is 156 Å². The molecule has 27 heavy (non-hydrogen) atoms. The molecule has 1 aliphatic carbocycles. The highest BCUT2D eigenvalue weighted by Crippen LogP contribution is 2.29. The maximum absolute atomic E-state index is 12.5. The second-order valence-electron chi connectivity index (χ2n) is 6.29. The average Bonchev–Trinajstić information content (AvgIpc) is 2.62. The van der Waals surface area contributed by atoms with Gasteiger partial charge < -0.3 is 20.3 Å². The first-order valence-corrected chi connectivity index (χ1v) is 8.20. The molecule has 7 nitrogen and oxygen atoms in total. The molecule has 1 aliphatic rings. The zero-order chi connectivity index (χ0) is 20.2. The number of hydrogen-bond acceptors (Lipinski definition) is 6. The smallest absolute Gasteiger partial charge is 0.317 e. The molecule has 2 rings (SSSR count). The fourth-order valence-corrected chi connectivity index (χ4v) is 2.46. The van der Waals surface area contributed by atoms with Crippen molar-refractivity contribution in [3.05, 3.63) is 65.9 Å². The number of carbonyl (C=O) groups excluding carboxylic acids is 3. The molecule has 2 unspecified atom stereocenters. The molecule has 0 bridgehead atoms. The molecule has 0 radical (unpaired) electrons. The fraction of sp³-hybridized carbons (Fsp3) is 0.250. The number of Topliss-reactive ketones (excluding diaryl/α,β-unsaturated/α-hetero) is 1. The predicted octanol–water partition coefficient (Wildman–Crippen LogP) is 1.52. The van der Waals surface area contributed by atoms with Crippen molar-refractivity contribution in [3.63, 3.8) is 0 Å². The van der Waals surface area contributed by atoms with Crippen LogP contribution in [0.5, 0.6) is 5.75 Å². The van der Waals surface area contributed by atoms with E-state index in [1.165, 1.54) is 25.1 Å². The lowest BCUT2D eigenvalue weighted by Crippen LogP contribution is -2.48. The molecule has 0 aromatic heterocycles. The van der Waals surface area contributed by atoms with Gasteiger partial charge >= 0.3 is 5.97 Å². The SMILES string of the molecule is C=C(C)C(=O)NC1=CC(C(=O)OCc2ccccc2O)C(O)(C(C)=O)C=C1. The van der Waals surface area contributed by atoms with Crippen molar-refractivity contribution in [2.45, 2.75) is 26.1 Å². The molecule has 1 aromatic rings. The first-order valence-electron chi connectivity index (χ1n) is 8.20. The largest absolute Gasteiger partial charge is 0.508 e. The number of phenols is 1. The van der Waals surface area contributed by atoms with E-state index in [-0.39, 0.29) is 23.6 Å². The summed E-state index contributed by atoms with van der Waals surface area (Å²) in [6.45, 7) is 5.96. The van der Waals surface area contributed by atoms with Crippen LogP contribution < -0.4 is 5.32 Å². The molecular weight excluding hydrogens is 350 g/mol. The summed E-state index contributed by atoms with van der Waals surface area (Å²) in [6, 6.07) is 6.32. The number of benzene rings is 1. The number of ketones is 1. The van der Waals surface area contributed by atoms with Crippen molar-refractivity contribution in [1.82, 2.24) is 5.32 Å². The molecule has 7 heteroatoms. The van der Waals surface area contributed by atoms with E-state index in [1.54, 1.807) is 18.2 Å². The molecule has 0 spiro atoms. The van der Waals surface area contributed by atoms with Crippen molar-refractivity contribution in [1.29, 1.82) is 0 Å². The number of carbonyl (C=O) groups is 3. The number of para-hydroxylation sites is 1. The van der Waals surface area contributed by atoms with Gasteiger partial charge in [-0.15, -0.1) is 0 Å². The van der Waals surface area contributed by atoms with Crippen molar-refractivity contribution >= 4 is 17.7 Å². The number of aliphatic hydroxyl groups is 1. The summed E-state index contributed by atoms with van der Waals surface area (Å²) >= 11 is 0. The Balaban J connectivity index is 2.23. The highest BCUT2D eigenvalue weighted by Gasteiger charge is 2.45. The van der Waals surface area contributed by atoms with E-state index < -0.39 is 29.2 Å². The monoisotopic (exact) mass is 371 g/mol. The van der Waals surface area contributed by atoms with Crippen molar-refractivity contribution in [2.75, 3.05) is 0 Å². The summed E-state index contributed by atoms with van der Waals surface area (Å²) in [7, 11) is 0. The number of aromatic hydroxyl groups is 1. The lowest BCUT2D eigenvalue weighted by molar-refractivity contribution is -0.159. The van der Waals surface area contributed by atoms with Gasteiger partial charge in [-0.05, 0) is 38.1 Å². The number of amides is 1. The maximum Gasteiger partial charge on any atom is 0.317 e. The van der Waals surface area contributed by atoms with Crippen LogP contribution in [-0.4, -0.2) is 33.5 Å². The summed E-state index contributed by atoms with van der Waals surface area (Å²) in [6.07, 6.45) is 3.75. The molecule has 1 aromatic carbocycles. The third-order valence-corrected chi connectivity index (χ3v) is 4.16. The van der Waals surface area contributed by atoms with Crippen LogP contribution in [-0.2, 0) is 25.7 Å². The van der Waals surface area contributed by atoms with Gasteiger partial charge in [-0.25, -0.2) is 0 Å². The molecule has 142 valence electrons. The Hall–Kier alpha value is -3.19. The number of hydrogen-bond donors (Lipinski definition) is 3. The highest BCUT2D eigenvalue weighted by atomic mass is 16.5. The number of esters is 1. The molecule has 0 heterocycles. The van der Waals surface area contributed by atoms with Crippen LogP contribution >= 0.6 is 0 Å². The van der Waals surface area contributed by atoms with E-state index in [0.29, 0.717) is 5.56 Å². The molecule has 0 saturated carbocycles. The summed E-state index contributed by atoms with van der Waals surface area (Å²) in [5, 5.41) is 22.9. The summed E-state index contributed by atoms with van der Waals surface area (Å²) < 4.78 is 5.17. The van der Waals surface area contributed by atoms with Gasteiger partial charge in [-0.2, -0.15) is 0 Å². The number of phenolic OH excluding ortho intramolecular Hbond substituents is 1. The van der Waals surface area contributed by atoms with E-state index >= 15 is 0 Å². The Morgan fingerprint density at radius 3 is 2.52 bits per heavy atom. The maximum atomic E-state index is 12.5. The van der Waals surface area contributed by atoms with E-state index in [1.807, 2.05) is 0 Å². The lowest BCUT2D eigenvalue weighted by Gasteiger charge is -2.31. The molecular formula is C20H21NO6. The number of rotatable bonds is 6. The van der Waals surface area contributed by atoms with Gasteiger partial charge in [0.05, 0.1) is 0 Å². The molecule has 1 amide bonds. The quantitative estimate of drug-likeness (QED) is 0.516. The first-order chi connectivity index (χ1) is 12.6. The molecule has 3 N–H and O–H groups in total. The third-order valence-electron chi connectivity index (χ3n) is 4.16. The van der Waals surface area contributed by atoms with Gasteiger partial charge in [0.15, 0.2) is 11.4 Å². The summed E-state index contributed by atoms with van der Waals surface area (Å²) in [5.74, 6) is -3.38. The number of ether oxygens (including phenoxy) is 1. The average molecular weight is 371 g/mol. The van der Waals surface area contributed by atoms with Gasteiger partial charge in [0, 0.05) is 16.8 Å². The van der Waals surface area contributed by atoms with Crippen LogP contribution in [0.3, 0.4) is 0 Å². The Kier molecular flexibility index (Phi) is 5.97. The second kappa shape index (κ2) is 8.01. The highest BCUT2D eigenvalue weighted by molar-refractivity contribution is 5.96. The minimum Gasteiger partial charge on any atom is -0.508 e. The lowest BCUT2D eigenvalue weighted by atomic mass is 9.80. The third kappa shape index (κ3) is 4.51. The minimum atomic E-state index is -2.09. The molecule has 2 atom stereocenters. The number of nitrogens with one attached hydrogen (secondary N) is 1. The topological polar surface area (TPSA) is 113 Å². The van der Waals surface area contributed by atoms with Gasteiger partial charge in [-0.3, -0.25) is 14.4 Å². The van der Waals surface area contributed by atoms with Gasteiger partial charge in [0.2, 0.25) is 0 Å². The zero-order valence-corrected chi connectivity index (χ0v) is 15.1. The predicted molar refractivity (Wildman–Crippen MR) is 97.2 cm³/mol. The molecule has 0 aliphatic heterocycles. The van der Waals surface area contributed by atoms with Crippen LogP contribution in [0.15, 0.2) is 60.3 Å². The van der Waals surface area contributed by atoms with E-state index in [2.05, 4.69) is 11.9 Å². The van der Waals surface area contributed by atoms with Crippen molar-refractivity contribution < 1.29 is 29.3 Å². The van der Waals surface area contributed by atoms with Gasteiger partial charge in [0.25, 0.3) is 5.91 Å². The van der Waals surface area contributed by atoms with Crippen molar-refractivity contribution in [3.8, 4) is 5.75 Å². The van der Waals surface area contributed by atoms with Gasteiger partial charge in [0.1, 0.15) is 18.3 Å². The van der Waals surface area contributed by atoms with Crippen molar-refractivity contribution in [2.24, 2.45) is 5.92 Å². The molecule has 0 fully saturated rings. The standard InChI is InChI=1S/C20H21NO6/c1-12(2)18(24)21-15-8-9-20(26,13(3)22)16(10-15)19(25)27-11-14-6-4-5-7-17(14)23/h4-10,16,23,26H,1,11H2,2-3H3,(H,21,24). The Morgan fingerprint density at radius 2 is 1.93 bits per heavy atom. The fourth-order valence-electron chi connectivity index (χ4n) is 2.46. The zero-order valence-electron chi connectivity index (χ0n) is 15.1. The van der Waals surface area contributed by atoms with Crippen LogP contribution in [0, 0.1) is 5.92 Å². The van der Waals surface area contributed by atoms with Crippen LogP contribution in [0.2, 0.25) is 0 Å². The summed E-state index contributed by atoms with van der Waals surface area (Å²) in [5.41, 5.74) is -1.22. The Bertz CT molecular complexity index is 854. The van der Waals surface area contributed by atoms with E-state index in [0.717, 1.165) is 13.0 Å². The van der Waals surface area contributed by atoms with E-state index in [9.17, 15) is 24.6 Å². The number of allylic oxidation sites excluding steroid dienone is 1. The first kappa shape index (κ1) is 20.1. The van der Waals surface area contributed by atoms with Crippen LogP contribution in [0.25, 0.3) is 0 Å². The van der Waals surface area contributed by atoms with Crippen LogP contribution in [0.1, 0.15) is 19.4 Å². The van der Waals surface area contributed by atoms with E-state index in [4.69, 9.17) is 4.74 Å². The normalized spacial score (nSPS) is 21.1. The van der Waals surface area contributed by atoms with Crippen LogP contribution in [0.4, 0.5) is 0 Å².